The number of halogens is 1. The molecule has 0 spiro atoms. The van der Waals surface area contributed by atoms with Crippen LogP contribution in [0.15, 0.2) is 24.3 Å². The van der Waals surface area contributed by atoms with Crippen molar-refractivity contribution in [3.63, 3.8) is 0 Å². The summed E-state index contributed by atoms with van der Waals surface area (Å²) in [5.74, 6) is 0.0575. The number of likely N-dealkylation sites (tertiary alicyclic amines) is 1. The second-order valence-corrected chi connectivity index (χ2v) is 5.42. The maximum absolute atomic E-state index is 12.2. The van der Waals surface area contributed by atoms with Crippen molar-refractivity contribution in [3.8, 4) is 0 Å². The molecule has 1 aromatic rings. The minimum Gasteiger partial charge on any atom is -0.337 e. The number of hydrogen-bond donors (Lipinski definition) is 0. The zero-order valence-electron chi connectivity index (χ0n) is 9.15. The van der Waals surface area contributed by atoms with Gasteiger partial charge >= 0.3 is 0 Å². The van der Waals surface area contributed by atoms with Gasteiger partial charge < -0.3 is 4.90 Å². The third-order valence-corrected chi connectivity index (χ3v) is 4.25. The molecule has 0 aromatic heterocycles. The third-order valence-electron chi connectivity index (χ3n) is 2.87. The summed E-state index contributed by atoms with van der Waals surface area (Å²) in [7, 11) is 0. The molecule has 0 N–H and O–H groups in total. The number of amides is 1. The zero-order valence-corrected chi connectivity index (χ0v) is 10.7. The molecule has 16 heavy (non-hydrogen) atoms. The van der Waals surface area contributed by atoms with Gasteiger partial charge in [-0.3, -0.25) is 4.79 Å². The molecule has 1 amide bonds. The predicted molar refractivity (Wildman–Crippen MR) is 69.3 cm³/mol. The van der Waals surface area contributed by atoms with Crippen LogP contribution >= 0.6 is 23.4 Å². The van der Waals surface area contributed by atoms with Gasteiger partial charge in [-0.1, -0.05) is 23.7 Å². The smallest absolute Gasteiger partial charge is 0.255 e. The molecule has 1 atom stereocenters. The molecule has 0 saturated carbocycles. The lowest BCUT2D eigenvalue weighted by Crippen LogP contribution is -2.29. The summed E-state index contributed by atoms with van der Waals surface area (Å²) in [4.78, 5) is 14.1. The fraction of sp³-hybridized carbons (Fsp3) is 0.417. The molecule has 86 valence electrons. The summed E-state index contributed by atoms with van der Waals surface area (Å²) < 4.78 is 0. The molecule has 1 unspecified atom stereocenters. The fourth-order valence-corrected chi connectivity index (χ4v) is 2.80. The van der Waals surface area contributed by atoms with Gasteiger partial charge in [0.05, 0.1) is 10.6 Å². The van der Waals surface area contributed by atoms with E-state index in [1.165, 1.54) is 0 Å². The van der Waals surface area contributed by atoms with Crippen molar-refractivity contribution < 1.29 is 4.79 Å². The summed E-state index contributed by atoms with van der Waals surface area (Å²) in [6.07, 6.45) is 3.17. The minimum absolute atomic E-state index is 0.0575. The largest absolute Gasteiger partial charge is 0.337 e. The van der Waals surface area contributed by atoms with Crippen LogP contribution in [0, 0.1) is 0 Å². The first kappa shape index (κ1) is 11.8. The molecule has 1 fully saturated rings. The van der Waals surface area contributed by atoms with Crippen LogP contribution in [0.5, 0.6) is 0 Å². The first-order valence-corrected chi connectivity index (χ1v) is 6.95. The Balaban J connectivity index is 2.12. The Labute approximate surface area is 105 Å². The number of hydrogen-bond acceptors (Lipinski definition) is 2. The highest BCUT2D eigenvalue weighted by atomic mass is 35.5. The van der Waals surface area contributed by atoms with Crippen molar-refractivity contribution in [1.29, 1.82) is 0 Å². The Kier molecular flexibility index (Phi) is 3.77. The van der Waals surface area contributed by atoms with Crippen LogP contribution in [0.3, 0.4) is 0 Å². The average Bonchev–Trinajstić information content (AvgIpc) is 2.77. The third kappa shape index (κ3) is 2.36. The van der Waals surface area contributed by atoms with Gasteiger partial charge in [0.25, 0.3) is 5.91 Å². The number of benzene rings is 1. The normalized spacial score (nSPS) is 20.1. The monoisotopic (exact) mass is 255 g/mol. The first-order chi connectivity index (χ1) is 7.72. The average molecular weight is 256 g/mol. The molecule has 0 aliphatic carbocycles. The first-order valence-electron chi connectivity index (χ1n) is 5.29. The minimum atomic E-state index is 0.0575. The molecule has 1 heterocycles. The summed E-state index contributed by atoms with van der Waals surface area (Å²) in [5, 5.41) is 1.12. The molecule has 2 rings (SSSR count). The predicted octanol–water partition coefficient (Wildman–Crippen LogP) is 2.92. The van der Waals surface area contributed by atoms with E-state index < -0.39 is 0 Å². The maximum atomic E-state index is 12.2. The lowest BCUT2D eigenvalue weighted by atomic mass is 10.2. The number of thioether (sulfide) groups is 1. The molecule has 0 radical (unpaired) electrons. The Morgan fingerprint density at radius 1 is 1.50 bits per heavy atom. The van der Waals surface area contributed by atoms with Crippen LogP contribution < -0.4 is 0 Å². The van der Waals surface area contributed by atoms with E-state index in [0.717, 1.165) is 19.5 Å². The summed E-state index contributed by atoms with van der Waals surface area (Å²) >= 11 is 7.84. The van der Waals surface area contributed by atoms with Crippen LogP contribution in [0.25, 0.3) is 0 Å². The van der Waals surface area contributed by atoms with Gasteiger partial charge in [-0.05, 0) is 24.8 Å². The van der Waals surface area contributed by atoms with Gasteiger partial charge in [0.2, 0.25) is 0 Å². The fourth-order valence-electron chi connectivity index (χ4n) is 1.91. The Bertz CT molecular complexity index is 396. The van der Waals surface area contributed by atoms with Crippen molar-refractivity contribution >= 4 is 29.3 Å². The molecule has 4 heteroatoms. The van der Waals surface area contributed by atoms with E-state index in [-0.39, 0.29) is 5.91 Å². The molecule has 0 bridgehead atoms. The molecular formula is C12H14ClNOS. The lowest BCUT2D eigenvalue weighted by molar-refractivity contribution is 0.0793. The molecule has 1 aliphatic rings. The molecule has 1 saturated heterocycles. The molecule has 1 aliphatic heterocycles. The van der Waals surface area contributed by atoms with Crippen LogP contribution in [0.1, 0.15) is 16.8 Å². The second kappa shape index (κ2) is 5.11. The molecular weight excluding hydrogens is 242 g/mol. The Morgan fingerprint density at radius 2 is 2.25 bits per heavy atom. The standard InChI is InChI=1S/C12H14ClNOS/c1-16-9-6-7-14(8-9)12(15)10-4-2-3-5-11(10)13/h2-5,9H,6-8H2,1H3. The highest BCUT2D eigenvalue weighted by Crippen LogP contribution is 2.24. The summed E-state index contributed by atoms with van der Waals surface area (Å²) in [5.41, 5.74) is 0.617. The van der Waals surface area contributed by atoms with Gasteiger partial charge in [-0.15, -0.1) is 0 Å². The Morgan fingerprint density at radius 3 is 2.88 bits per heavy atom. The van der Waals surface area contributed by atoms with Crippen molar-refractivity contribution in [2.45, 2.75) is 11.7 Å². The molecule has 2 nitrogen and oxygen atoms in total. The second-order valence-electron chi connectivity index (χ2n) is 3.88. The SMILES string of the molecule is CSC1CCN(C(=O)c2ccccc2Cl)C1. The Hall–Kier alpha value is -0.670. The van der Waals surface area contributed by atoms with Gasteiger partial charge in [0, 0.05) is 18.3 Å². The summed E-state index contributed by atoms with van der Waals surface area (Å²) in [6, 6.07) is 7.24. The number of carbonyl (C=O) groups excluding carboxylic acids is 1. The van der Waals surface area contributed by atoms with E-state index in [1.807, 2.05) is 28.8 Å². The van der Waals surface area contributed by atoms with E-state index in [2.05, 4.69) is 6.26 Å². The highest BCUT2D eigenvalue weighted by molar-refractivity contribution is 7.99. The number of carbonyl (C=O) groups is 1. The number of rotatable bonds is 2. The van der Waals surface area contributed by atoms with Crippen LogP contribution in [0.2, 0.25) is 5.02 Å². The molecule has 1 aromatic carbocycles. The summed E-state index contributed by atoms with van der Waals surface area (Å²) in [6.45, 7) is 1.68. The van der Waals surface area contributed by atoms with Gasteiger partial charge in [-0.2, -0.15) is 11.8 Å². The number of nitrogens with zero attached hydrogens (tertiary/aromatic N) is 1. The van der Waals surface area contributed by atoms with Crippen LogP contribution in [-0.4, -0.2) is 35.4 Å². The zero-order chi connectivity index (χ0) is 11.5. The highest BCUT2D eigenvalue weighted by Gasteiger charge is 2.27. The van der Waals surface area contributed by atoms with E-state index in [1.54, 1.807) is 12.1 Å². The van der Waals surface area contributed by atoms with Crippen molar-refractivity contribution in [3.05, 3.63) is 34.9 Å². The van der Waals surface area contributed by atoms with Crippen molar-refractivity contribution in [2.24, 2.45) is 0 Å². The van der Waals surface area contributed by atoms with Gasteiger partial charge in [0.1, 0.15) is 0 Å². The van der Waals surface area contributed by atoms with E-state index in [9.17, 15) is 4.79 Å². The van der Waals surface area contributed by atoms with E-state index in [0.29, 0.717) is 15.8 Å². The van der Waals surface area contributed by atoms with E-state index in [4.69, 9.17) is 11.6 Å². The lowest BCUT2D eigenvalue weighted by Gasteiger charge is -2.16. The maximum Gasteiger partial charge on any atom is 0.255 e. The van der Waals surface area contributed by atoms with Gasteiger partial charge in [-0.25, -0.2) is 0 Å². The van der Waals surface area contributed by atoms with Crippen LogP contribution in [-0.2, 0) is 0 Å². The topological polar surface area (TPSA) is 20.3 Å². The van der Waals surface area contributed by atoms with Crippen molar-refractivity contribution in [2.75, 3.05) is 19.3 Å². The quantitative estimate of drug-likeness (QED) is 0.810. The van der Waals surface area contributed by atoms with Crippen LogP contribution in [0.4, 0.5) is 0 Å². The van der Waals surface area contributed by atoms with E-state index >= 15 is 0 Å². The van der Waals surface area contributed by atoms with Crippen molar-refractivity contribution in [1.82, 2.24) is 4.90 Å². The van der Waals surface area contributed by atoms with Gasteiger partial charge in [0.15, 0.2) is 0 Å².